The number of sulfonamides is 1. The third-order valence-electron chi connectivity index (χ3n) is 4.59. The summed E-state index contributed by atoms with van der Waals surface area (Å²) >= 11 is 0. The highest BCUT2D eigenvalue weighted by Gasteiger charge is 2.33. The van der Waals surface area contributed by atoms with Crippen LogP contribution in [0.1, 0.15) is 39.5 Å². The summed E-state index contributed by atoms with van der Waals surface area (Å²) in [6.45, 7) is 8.12. The number of nitrogens with one attached hydrogen (secondary N) is 1. The first-order valence-corrected chi connectivity index (χ1v) is 8.96. The molecule has 2 atom stereocenters. The van der Waals surface area contributed by atoms with Crippen LogP contribution in [0, 0.1) is 5.92 Å². The smallest absolute Gasteiger partial charge is 0.213 e. The molecule has 2 saturated heterocycles. The van der Waals surface area contributed by atoms with Gasteiger partial charge < -0.3 is 4.90 Å². The Kier molecular flexibility index (Phi) is 4.67. The van der Waals surface area contributed by atoms with E-state index in [0.717, 1.165) is 31.8 Å². The van der Waals surface area contributed by atoms with E-state index >= 15 is 0 Å². The van der Waals surface area contributed by atoms with Crippen LogP contribution in [0.4, 0.5) is 0 Å². The van der Waals surface area contributed by atoms with Crippen LogP contribution in [-0.2, 0) is 10.0 Å². The molecule has 0 bridgehead atoms. The van der Waals surface area contributed by atoms with Gasteiger partial charge in [-0.1, -0.05) is 6.92 Å². The van der Waals surface area contributed by atoms with E-state index in [4.69, 9.17) is 0 Å². The summed E-state index contributed by atoms with van der Waals surface area (Å²) in [4.78, 5) is 1.72. The zero-order valence-electron chi connectivity index (χ0n) is 11.7. The first-order valence-electron chi connectivity index (χ1n) is 7.35. The van der Waals surface area contributed by atoms with Crippen LogP contribution in [0.3, 0.4) is 0 Å². The maximum atomic E-state index is 11.8. The Labute approximate surface area is 111 Å². The molecule has 18 heavy (non-hydrogen) atoms. The van der Waals surface area contributed by atoms with Crippen molar-refractivity contribution in [1.29, 1.82) is 0 Å². The molecule has 106 valence electrons. The van der Waals surface area contributed by atoms with Gasteiger partial charge in [-0.3, -0.25) is 0 Å². The predicted molar refractivity (Wildman–Crippen MR) is 73.2 cm³/mol. The van der Waals surface area contributed by atoms with Crippen molar-refractivity contribution in [2.45, 2.75) is 45.6 Å². The maximum Gasteiger partial charge on any atom is 0.213 e. The highest BCUT2D eigenvalue weighted by atomic mass is 32.2. The average molecular weight is 275 g/mol. The molecular formula is C13H27N2O2S+. The van der Waals surface area contributed by atoms with E-state index in [9.17, 15) is 8.42 Å². The standard InChI is InChI=1S/C13H26N2O2S/c1-3-18(16,17)15-9-6-13(7-10-15)14-8-4-5-12(2)11-14/h12-13H,3-11H2,1-2H3/p+1. The SMILES string of the molecule is CCS(=O)(=O)N1CCC([NH+]2CCCC(C)C2)CC1. The summed E-state index contributed by atoms with van der Waals surface area (Å²) in [5, 5.41) is 0. The molecule has 1 N–H and O–H groups in total. The van der Waals surface area contributed by atoms with Crippen LogP contribution in [0.2, 0.25) is 0 Å². The lowest BCUT2D eigenvalue weighted by Crippen LogP contribution is -3.17. The van der Waals surface area contributed by atoms with Gasteiger partial charge in [-0.05, 0) is 19.8 Å². The fraction of sp³-hybridized carbons (Fsp3) is 1.00. The number of piperidine rings is 2. The van der Waals surface area contributed by atoms with Gasteiger partial charge in [0.1, 0.15) is 0 Å². The van der Waals surface area contributed by atoms with Crippen molar-refractivity contribution in [3.05, 3.63) is 0 Å². The van der Waals surface area contributed by atoms with Gasteiger partial charge in [0.05, 0.1) is 24.9 Å². The van der Waals surface area contributed by atoms with Crippen LogP contribution >= 0.6 is 0 Å². The molecule has 2 rings (SSSR count). The monoisotopic (exact) mass is 275 g/mol. The van der Waals surface area contributed by atoms with Crippen LogP contribution < -0.4 is 4.90 Å². The molecule has 5 heteroatoms. The number of rotatable bonds is 3. The first-order chi connectivity index (χ1) is 8.53. The highest BCUT2D eigenvalue weighted by Crippen LogP contribution is 2.14. The third-order valence-corrected chi connectivity index (χ3v) is 6.48. The molecule has 0 aromatic heterocycles. The Morgan fingerprint density at radius 1 is 1.22 bits per heavy atom. The molecule has 2 aliphatic heterocycles. The molecule has 0 aromatic carbocycles. The molecule has 2 unspecified atom stereocenters. The number of quaternary nitrogens is 1. The second-order valence-electron chi connectivity index (χ2n) is 5.93. The fourth-order valence-corrected chi connectivity index (χ4v) is 4.56. The minimum absolute atomic E-state index is 0.241. The lowest BCUT2D eigenvalue weighted by molar-refractivity contribution is -0.934. The largest absolute Gasteiger partial charge is 0.332 e. The molecule has 2 aliphatic rings. The van der Waals surface area contributed by atoms with Crippen molar-refractivity contribution in [3.63, 3.8) is 0 Å². The fourth-order valence-electron chi connectivity index (χ4n) is 3.42. The second kappa shape index (κ2) is 5.88. The third kappa shape index (κ3) is 3.25. The van der Waals surface area contributed by atoms with Crippen LogP contribution in [0.25, 0.3) is 0 Å². The number of likely N-dealkylation sites (tertiary alicyclic amines) is 1. The molecule has 0 aliphatic carbocycles. The topological polar surface area (TPSA) is 41.8 Å². The Morgan fingerprint density at radius 2 is 1.89 bits per heavy atom. The average Bonchev–Trinajstić information content (AvgIpc) is 2.39. The van der Waals surface area contributed by atoms with E-state index in [2.05, 4.69) is 6.92 Å². The van der Waals surface area contributed by atoms with Gasteiger partial charge in [-0.2, -0.15) is 0 Å². The summed E-state index contributed by atoms with van der Waals surface area (Å²) < 4.78 is 25.3. The molecule has 0 radical (unpaired) electrons. The lowest BCUT2D eigenvalue weighted by Gasteiger charge is -2.38. The molecule has 2 fully saturated rings. The quantitative estimate of drug-likeness (QED) is 0.795. The molecule has 0 amide bonds. The molecule has 0 saturated carbocycles. The molecule has 0 spiro atoms. The van der Waals surface area contributed by atoms with Crippen molar-refractivity contribution < 1.29 is 13.3 Å². The molecule has 0 aromatic rings. The Bertz CT molecular complexity index is 361. The van der Waals surface area contributed by atoms with Gasteiger partial charge in [0.15, 0.2) is 0 Å². The van der Waals surface area contributed by atoms with Gasteiger partial charge >= 0.3 is 0 Å². The molecule has 2 heterocycles. The van der Waals surface area contributed by atoms with E-state index in [1.807, 2.05) is 0 Å². The van der Waals surface area contributed by atoms with Gasteiger partial charge in [0.25, 0.3) is 0 Å². The van der Waals surface area contributed by atoms with E-state index in [-0.39, 0.29) is 5.75 Å². The number of hydrogen-bond acceptors (Lipinski definition) is 2. The summed E-state index contributed by atoms with van der Waals surface area (Å²) in [6, 6.07) is 0.691. The summed E-state index contributed by atoms with van der Waals surface area (Å²) in [5.41, 5.74) is 0. The Morgan fingerprint density at radius 3 is 2.44 bits per heavy atom. The van der Waals surface area contributed by atoms with E-state index < -0.39 is 10.0 Å². The lowest BCUT2D eigenvalue weighted by atomic mass is 9.96. The maximum absolute atomic E-state index is 11.8. The van der Waals surface area contributed by atoms with E-state index in [0.29, 0.717) is 6.04 Å². The molecular weight excluding hydrogens is 248 g/mol. The zero-order chi connectivity index (χ0) is 13.2. The number of hydrogen-bond donors (Lipinski definition) is 1. The van der Waals surface area contributed by atoms with Crippen molar-refractivity contribution in [2.24, 2.45) is 5.92 Å². The van der Waals surface area contributed by atoms with Gasteiger partial charge in [-0.15, -0.1) is 0 Å². The van der Waals surface area contributed by atoms with Crippen molar-refractivity contribution in [1.82, 2.24) is 4.31 Å². The van der Waals surface area contributed by atoms with Crippen LogP contribution in [0.5, 0.6) is 0 Å². The summed E-state index contributed by atoms with van der Waals surface area (Å²) in [5.74, 6) is 1.08. The Hall–Kier alpha value is -0.130. The van der Waals surface area contributed by atoms with Crippen molar-refractivity contribution in [2.75, 3.05) is 31.9 Å². The van der Waals surface area contributed by atoms with Crippen LogP contribution in [0.15, 0.2) is 0 Å². The number of nitrogens with zero attached hydrogens (tertiary/aromatic N) is 1. The van der Waals surface area contributed by atoms with E-state index in [1.54, 1.807) is 16.1 Å². The summed E-state index contributed by atoms with van der Waals surface area (Å²) in [6.07, 6.45) is 4.79. The normalized spacial score (nSPS) is 32.6. The zero-order valence-corrected chi connectivity index (χ0v) is 12.5. The minimum atomic E-state index is -2.96. The first kappa shape index (κ1) is 14.3. The van der Waals surface area contributed by atoms with Gasteiger partial charge in [0, 0.05) is 31.8 Å². The minimum Gasteiger partial charge on any atom is -0.332 e. The highest BCUT2D eigenvalue weighted by molar-refractivity contribution is 7.89. The van der Waals surface area contributed by atoms with E-state index in [1.165, 1.54) is 25.9 Å². The van der Waals surface area contributed by atoms with Crippen LogP contribution in [-0.4, -0.2) is 50.7 Å². The van der Waals surface area contributed by atoms with Gasteiger partial charge in [-0.25, -0.2) is 12.7 Å². The summed E-state index contributed by atoms with van der Waals surface area (Å²) in [7, 11) is -2.96. The van der Waals surface area contributed by atoms with Crippen molar-refractivity contribution in [3.8, 4) is 0 Å². The van der Waals surface area contributed by atoms with Gasteiger partial charge in [0.2, 0.25) is 10.0 Å². The predicted octanol–water partition coefficient (Wildman–Crippen LogP) is 0.115. The Balaban J connectivity index is 1.86. The molecule has 4 nitrogen and oxygen atoms in total. The van der Waals surface area contributed by atoms with Crippen molar-refractivity contribution >= 4 is 10.0 Å². The second-order valence-corrected chi connectivity index (χ2v) is 8.19.